The molecule has 1 aromatic carbocycles. The predicted octanol–water partition coefficient (Wildman–Crippen LogP) is 3.32. The summed E-state index contributed by atoms with van der Waals surface area (Å²) in [5, 5.41) is 3.17. The minimum absolute atomic E-state index is 0.0902. The van der Waals surface area contributed by atoms with Gasteiger partial charge >= 0.3 is 11.9 Å². The number of nitrogens with zero attached hydrogens (tertiary/aromatic N) is 2. The number of benzene rings is 1. The summed E-state index contributed by atoms with van der Waals surface area (Å²) in [5.41, 5.74) is 0.840. The maximum Gasteiger partial charge on any atom is 0.337 e. The molecular formula is C23H23N3O6S. The Morgan fingerprint density at radius 3 is 2.33 bits per heavy atom. The van der Waals surface area contributed by atoms with Gasteiger partial charge in [-0.2, -0.15) is 0 Å². The molecule has 1 aliphatic rings. The van der Waals surface area contributed by atoms with E-state index in [0.29, 0.717) is 27.2 Å². The van der Waals surface area contributed by atoms with Crippen molar-refractivity contribution in [3.8, 4) is 0 Å². The van der Waals surface area contributed by atoms with Gasteiger partial charge in [-0.1, -0.05) is 6.42 Å². The molecule has 0 radical (unpaired) electrons. The van der Waals surface area contributed by atoms with E-state index in [9.17, 15) is 19.2 Å². The molecule has 0 atom stereocenters. The molecule has 0 unspecified atom stereocenters. The molecule has 2 aromatic heterocycles. The van der Waals surface area contributed by atoms with Crippen LogP contribution in [0.4, 0.5) is 5.69 Å². The highest BCUT2D eigenvalue weighted by atomic mass is 32.1. The van der Waals surface area contributed by atoms with Crippen molar-refractivity contribution in [1.82, 2.24) is 9.55 Å². The summed E-state index contributed by atoms with van der Waals surface area (Å²) in [7, 11) is 2.44. The first-order valence-corrected chi connectivity index (χ1v) is 11.3. The number of hydrogen-bond donors (Lipinski definition) is 1. The lowest BCUT2D eigenvalue weighted by Gasteiger charge is -2.09. The number of nitrogens with one attached hydrogen (secondary N) is 1. The average molecular weight is 470 g/mol. The minimum Gasteiger partial charge on any atom is -0.465 e. The quantitative estimate of drug-likeness (QED) is 0.583. The summed E-state index contributed by atoms with van der Waals surface area (Å²) in [6, 6.07) is 4.15. The van der Waals surface area contributed by atoms with E-state index in [4.69, 9.17) is 9.47 Å². The van der Waals surface area contributed by atoms with Gasteiger partial charge in [-0.25, -0.2) is 14.6 Å². The van der Waals surface area contributed by atoms with Crippen molar-refractivity contribution in [2.75, 3.05) is 19.5 Å². The van der Waals surface area contributed by atoms with E-state index in [1.54, 1.807) is 11.5 Å². The largest absolute Gasteiger partial charge is 0.465 e. The topological polar surface area (TPSA) is 117 Å². The Labute approximate surface area is 193 Å². The molecule has 9 nitrogen and oxygen atoms in total. The van der Waals surface area contributed by atoms with Gasteiger partial charge in [0.2, 0.25) is 0 Å². The zero-order chi connectivity index (χ0) is 23.7. The van der Waals surface area contributed by atoms with Crippen LogP contribution in [-0.4, -0.2) is 41.6 Å². The summed E-state index contributed by atoms with van der Waals surface area (Å²) in [6.07, 6.45) is 3.70. The SMILES string of the molecule is COC(=O)c1cc(NC(=O)c2sc3nc4n(c(=O)c3c2C)CCCCC4)cc(C(=O)OC)c1. The third-order valence-corrected chi connectivity index (χ3v) is 6.84. The summed E-state index contributed by atoms with van der Waals surface area (Å²) in [4.78, 5) is 55.9. The van der Waals surface area contributed by atoms with Crippen LogP contribution < -0.4 is 10.9 Å². The normalized spacial score (nSPS) is 13.2. The number of fused-ring (bicyclic) bond motifs is 2. The number of esters is 2. The molecule has 0 saturated heterocycles. The Balaban J connectivity index is 1.73. The van der Waals surface area contributed by atoms with Crippen molar-refractivity contribution in [1.29, 1.82) is 0 Å². The highest BCUT2D eigenvalue weighted by Gasteiger charge is 2.23. The number of methoxy groups -OCH3 is 2. The van der Waals surface area contributed by atoms with Crippen molar-refractivity contribution in [2.24, 2.45) is 0 Å². The van der Waals surface area contributed by atoms with E-state index in [0.717, 1.165) is 42.8 Å². The van der Waals surface area contributed by atoms with Gasteiger partial charge in [-0.15, -0.1) is 11.3 Å². The highest BCUT2D eigenvalue weighted by Crippen LogP contribution is 2.29. The van der Waals surface area contributed by atoms with Crippen LogP contribution in [0.25, 0.3) is 10.2 Å². The molecule has 172 valence electrons. The molecule has 3 aromatic rings. The van der Waals surface area contributed by atoms with Crippen LogP contribution in [-0.2, 0) is 22.4 Å². The fourth-order valence-electron chi connectivity index (χ4n) is 3.99. The van der Waals surface area contributed by atoms with Crippen molar-refractivity contribution >= 4 is 45.1 Å². The van der Waals surface area contributed by atoms with Crippen LogP contribution in [0.3, 0.4) is 0 Å². The third-order valence-electron chi connectivity index (χ3n) is 5.65. The minimum atomic E-state index is -0.659. The summed E-state index contributed by atoms with van der Waals surface area (Å²) >= 11 is 1.16. The fraction of sp³-hybridized carbons (Fsp3) is 0.348. The van der Waals surface area contributed by atoms with Gasteiger partial charge in [0.1, 0.15) is 10.7 Å². The van der Waals surface area contributed by atoms with E-state index in [1.165, 1.54) is 32.4 Å². The smallest absolute Gasteiger partial charge is 0.337 e. The van der Waals surface area contributed by atoms with Crippen LogP contribution in [0.15, 0.2) is 23.0 Å². The number of thiophene rings is 1. The van der Waals surface area contributed by atoms with Gasteiger partial charge in [0.05, 0.1) is 35.6 Å². The molecule has 4 rings (SSSR count). The van der Waals surface area contributed by atoms with Crippen LogP contribution in [0.1, 0.15) is 61.0 Å². The standard InChI is InChI=1S/C23H23N3O6S/c1-12-17-20(25-16-7-5-4-6-8-26(16)21(17)28)33-18(12)19(27)24-15-10-13(22(29)31-2)9-14(11-15)23(30)32-3/h9-11H,4-8H2,1-3H3,(H,24,27). The van der Waals surface area contributed by atoms with Gasteiger partial charge in [-0.05, 0) is 43.5 Å². The molecule has 0 aliphatic carbocycles. The van der Waals surface area contributed by atoms with Gasteiger partial charge in [0.25, 0.3) is 11.5 Å². The van der Waals surface area contributed by atoms with Crippen molar-refractivity contribution in [3.63, 3.8) is 0 Å². The molecule has 1 amide bonds. The van der Waals surface area contributed by atoms with E-state index in [-0.39, 0.29) is 22.4 Å². The summed E-state index contributed by atoms with van der Waals surface area (Å²) < 4.78 is 11.2. The van der Waals surface area contributed by atoms with Crippen LogP contribution in [0.2, 0.25) is 0 Å². The average Bonchev–Trinajstić information content (AvgIpc) is 2.97. The number of carbonyl (C=O) groups excluding carboxylic acids is 3. The molecule has 1 N–H and O–H groups in total. The maximum atomic E-state index is 13.1. The monoisotopic (exact) mass is 469 g/mol. The van der Waals surface area contributed by atoms with Gasteiger partial charge in [0.15, 0.2) is 0 Å². The molecule has 3 heterocycles. The lowest BCUT2D eigenvalue weighted by atomic mass is 10.1. The number of rotatable bonds is 4. The van der Waals surface area contributed by atoms with Crippen molar-refractivity contribution in [2.45, 2.75) is 39.2 Å². The Morgan fingerprint density at radius 2 is 1.70 bits per heavy atom. The van der Waals surface area contributed by atoms with E-state index < -0.39 is 17.8 Å². The first-order chi connectivity index (χ1) is 15.8. The number of hydrogen-bond acceptors (Lipinski definition) is 8. The fourth-order valence-corrected chi connectivity index (χ4v) is 5.07. The number of aryl methyl sites for hydroxylation is 2. The number of amides is 1. The number of anilines is 1. The summed E-state index contributed by atoms with van der Waals surface area (Å²) in [5.74, 6) is -1.03. The lowest BCUT2D eigenvalue weighted by molar-refractivity contribution is 0.0599. The second kappa shape index (κ2) is 9.14. The van der Waals surface area contributed by atoms with Gasteiger partial charge in [-0.3, -0.25) is 14.2 Å². The molecule has 10 heteroatoms. The summed E-state index contributed by atoms with van der Waals surface area (Å²) in [6.45, 7) is 2.36. The van der Waals surface area contributed by atoms with Crippen molar-refractivity contribution in [3.05, 3.63) is 55.9 Å². The first kappa shape index (κ1) is 22.7. The molecule has 1 aliphatic heterocycles. The molecule has 0 saturated carbocycles. The highest BCUT2D eigenvalue weighted by molar-refractivity contribution is 7.20. The third kappa shape index (κ3) is 4.25. The van der Waals surface area contributed by atoms with E-state index in [2.05, 4.69) is 10.3 Å². The number of ether oxygens (including phenoxy) is 2. The molecular weight excluding hydrogens is 446 g/mol. The Kier molecular flexibility index (Phi) is 6.28. The number of carbonyl (C=O) groups is 3. The van der Waals surface area contributed by atoms with E-state index in [1.807, 2.05) is 0 Å². The van der Waals surface area contributed by atoms with Crippen LogP contribution in [0, 0.1) is 6.92 Å². The van der Waals surface area contributed by atoms with Crippen molar-refractivity contribution < 1.29 is 23.9 Å². The zero-order valence-corrected chi connectivity index (χ0v) is 19.3. The Bertz CT molecular complexity index is 1310. The molecule has 0 fully saturated rings. The Hall–Kier alpha value is -3.53. The van der Waals surface area contributed by atoms with E-state index >= 15 is 0 Å². The second-order valence-corrected chi connectivity index (χ2v) is 8.77. The lowest BCUT2D eigenvalue weighted by Crippen LogP contribution is -2.24. The number of aromatic nitrogens is 2. The maximum absolute atomic E-state index is 13.1. The van der Waals surface area contributed by atoms with Gasteiger partial charge < -0.3 is 14.8 Å². The Morgan fingerprint density at radius 1 is 1.03 bits per heavy atom. The van der Waals surface area contributed by atoms with Crippen LogP contribution >= 0.6 is 11.3 Å². The predicted molar refractivity (Wildman–Crippen MR) is 123 cm³/mol. The van der Waals surface area contributed by atoms with Gasteiger partial charge in [0, 0.05) is 18.7 Å². The molecule has 0 spiro atoms. The molecule has 33 heavy (non-hydrogen) atoms. The second-order valence-electron chi connectivity index (χ2n) is 7.77. The van der Waals surface area contributed by atoms with Crippen LogP contribution in [0.5, 0.6) is 0 Å². The molecule has 0 bridgehead atoms. The first-order valence-electron chi connectivity index (χ1n) is 10.5. The zero-order valence-electron chi connectivity index (χ0n) is 18.5.